The molecule has 1 amide bonds. The van der Waals surface area contributed by atoms with Crippen molar-refractivity contribution in [2.45, 2.75) is 13.5 Å². The molecule has 1 fully saturated rings. The van der Waals surface area contributed by atoms with Gasteiger partial charge in [0.05, 0.1) is 7.11 Å². The standard InChI is InChI=1S/C20H25N3O3/c1-15-4-6-17(7-5-15)19(24)23-10-8-22(9-11-23)14-16-12-18(20(25)26-3)21(2)13-16/h4-7,12-13H,8-11,14H2,1-3H3. The second kappa shape index (κ2) is 7.74. The minimum absolute atomic E-state index is 0.0948. The molecule has 1 aliphatic rings. The van der Waals surface area contributed by atoms with Gasteiger partial charge in [0, 0.05) is 51.5 Å². The average Bonchev–Trinajstić information content (AvgIpc) is 3.02. The summed E-state index contributed by atoms with van der Waals surface area (Å²) in [5, 5.41) is 0. The number of nitrogens with zero attached hydrogens (tertiary/aromatic N) is 3. The molecule has 0 saturated carbocycles. The van der Waals surface area contributed by atoms with Crippen molar-refractivity contribution in [3.63, 3.8) is 0 Å². The molecule has 3 rings (SSSR count). The zero-order valence-corrected chi connectivity index (χ0v) is 15.6. The molecule has 0 aliphatic carbocycles. The molecular weight excluding hydrogens is 330 g/mol. The highest BCUT2D eigenvalue weighted by Crippen LogP contribution is 2.15. The van der Waals surface area contributed by atoms with E-state index < -0.39 is 0 Å². The van der Waals surface area contributed by atoms with Gasteiger partial charge in [-0.05, 0) is 30.7 Å². The topological polar surface area (TPSA) is 54.8 Å². The molecule has 1 saturated heterocycles. The van der Waals surface area contributed by atoms with Crippen LogP contribution in [0.5, 0.6) is 0 Å². The molecule has 0 radical (unpaired) electrons. The first-order valence-corrected chi connectivity index (χ1v) is 8.80. The Morgan fingerprint density at radius 1 is 1.08 bits per heavy atom. The molecule has 26 heavy (non-hydrogen) atoms. The Morgan fingerprint density at radius 2 is 1.73 bits per heavy atom. The van der Waals surface area contributed by atoms with Crippen LogP contribution in [0.3, 0.4) is 0 Å². The second-order valence-electron chi connectivity index (χ2n) is 6.77. The number of rotatable bonds is 4. The summed E-state index contributed by atoms with van der Waals surface area (Å²) in [7, 11) is 3.23. The van der Waals surface area contributed by atoms with E-state index in [2.05, 4.69) is 4.90 Å². The highest BCUT2D eigenvalue weighted by Gasteiger charge is 2.23. The van der Waals surface area contributed by atoms with Crippen LogP contribution in [0.25, 0.3) is 0 Å². The van der Waals surface area contributed by atoms with Gasteiger partial charge in [-0.15, -0.1) is 0 Å². The Balaban J connectivity index is 1.56. The van der Waals surface area contributed by atoms with Crippen molar-refractivity contribution in [1.29, 1.82) is 0 Å². The minimum atomic E-state index is -0.327. The quantitative estimate of drug-likeness (QED) is 0.788. The van der Waals surface area contributed by atoms with E-state index in [1.165, 1.54) is 7.11 Å². The van der Waals surface area contributed by atoms with Crippen LogP contribution in [0.2, 0.25) is 0 Å². The van der Waals surface area contributed by atoms with Gasteiger partial charge in [0.25, 0.3) is 5.91 Å². The van der Waals surface area contributed by atoms with Crippen LogP contribution < -0.4 is 0 Å². The summed E-state index contributed by atoms with van der Waals surface area (Å²) in [5.74, 6) is -0.232. The zero-order chi connectivity index (χ0) is 18.7. The van der Waals surface area contributed by atoms with Gasteiger partial charge in [-0.3, -0.25) is 9.69 Å². The fraction of sp³-hybridized carbons (Fsp3) is 0.400. The molecule has 1 aliphatic heterocycles. The van der Waals surface area contributed by atoms with E-state index in [0.29, 0.717) is 18.8 Å². The molecule has 0 N–H and O–H groups in total. The van der Waals surface area contributed by atoms with Crippen molar-refractivity contribution < 1.29 is 14.3 Å². The van der Waals surface area contributed by atoms with Gasteiger partial charge < -0.3 is 14.2 Å². The number of amides is 1. The molecular formula is C20H25N3O3. The van der Waals surface area contributed by atoms with Gasteiger partial charge in [-0.25, -0.2) is 4.79 Å². The number of aromatic nitrogens is 1. The summed E-state index contributed by atoms with van der Waals surface area (Å²) < 4.78 is 6.58. The molecule has 1 aromatic carbocycles. The van der Waals surface area contributed by atoms with Gasteiger partial charge in [0.1, 0.15) is 5.69 Å². The zero-order valence-electron chi connectivity index (χ0n) is 15.6. The van der Waals surface area contributed by atoms with E-state index >= 15 is 0 Å². The summed E-state index contributed by atoms with van der Waals surface area (Å²) in [5.41, 5.74) is 3.53. The fourth-order valence-electron chi connectivity index (χ4n) is 3.27. The van der Waals surface area contributed by atoms with E-state index in [1.54, 1.807) is 4.57 Å². The normalized spacial score (nSPS) is 15.1. The smallest absolute Gasteiger partial charge is 0.354 e. The first kappa shape index (κ1) is 18.2. The number of esters is 1. The second-order valence-corrected chi connectivity index (χ2v) is 6.77. The monoisotopic (exact) mass is 355 g/mol. The van der Waals surface area contributed by atoms with Crippen LogP contribution in [0.15, 0.2) is 36.5 Å². The van der Waals surface area contributed by atoms with Gasteiger partial charge >= 0.3 is 5.97 Å². The number of methoxy groups -OCH3 is 1. The molecule has 0 bridgehead atoms. The lowest BCUT2D eigenvalue weighted by Crippen LogP contribution is -2.48. The number of carbonyl (C=O) groups excluding carboxylic acids is 2. The molecule has 0 atom stereocenters. The summed E-state index contributed by atoms with van der Waals surface area (Å²) >= 11 is 0. The van der Waals surface area contributed by atoms with E-state index in [-0.39, 0.29) is 11.9 Å². The number of hydrogen-bond donors (Lipinski definition) is 0. The number of piperazine rings is 1. The van der Waals surface area contributed by atoms with Gasteiger partial charge in [-0.2, -0.15) is 0 Å². The maximum Gasteiger partial charge on any atom is 0.354 e. The largest absolute Gasteiger partial charge is 0.464 e. The predicted octanol–water partition coefficient (Wildman–Crippen LogP) is 2.08. The van der Waals surface area contributed by atoms with E-state index in [4.69, 9.17) is 4.74 Å². The fourth-order valence-corrected chi connectivity index (χ4v) is 3.27. The third-order valence-electron chi connectivity index (χ3n) is 4.82. The van der Waals surface area contributed by atoms with Crippen LogP contribution >= 0.6 is 0 Å². The van der Waals surface area contributed by atoms with Gasteiger partial charge in [-0.1, -0.05) is 17.7 Å². The molecule has 138 valence electrons. The molecule has 2 heterocycles. The van der Waals surface area contributed by atoms with Gasteiger partial charge in [0.15, 0.2) is 0 Å². The van der Waals surface area contributed by atoms with Crippen molar-refractivity contribution in [1.82, 2.24) is 14.4 Å². The summed E-state index contributed by atoms with van der Waals surface area (Å²) in [6.45, 7) is 5.84. The number of hydrogen-bond acceptors (Lipinski definition) is 4. The van der Waals surface area contributed by atoms with E-state index in [9.17, 15) is 9.59 Å². The minimum Gasteiger partial charge on any atom is -0.464 e. The SMILES string of the molecule is COC(=O)c1cc(CN2CCN(C(=O)c3ccc(C)cc3)CC2)cn1C. The van der Waals surface area contributed by atoms with Crippen molar-refractivity contribution in [3.05, 3.63) is 58.9 Å². The highest BCUT2D eigenvalue weighted by atomic mass is 16.5. The molecule has 6 heteroatoms. The number of carbonyl (C=O) groups is 2. The van der Waals surface area contributed by atoms with Crippen LogP contribution in [-0.4, -0.2) is 59.5 Å². The third kappa shape index (κ3) is 3.96. The van der Waals surface area contributed by atoms with Crippen LogP contribution in [-0.2, 0) is 18.3 Å². The number of aryl methyl sites for hydroxylation is 2. The average molecular weight is 355 g/mol. The number of ether oxygens (including phenoxy) is 1. The Kier molecular flexibility index (Phi) is 5.42. The summed E-state index contributed by atoms with van der Waals surface area (Å²) in [6, 6.07) is 9.59. The molecule has 0 spiro atoms. The maximum atomic E-state index is 12.6. The summed E-state index contributed by atoms with van der Waals surface area (Å²) in [6.07, 6.45) is 1.95. The molecule has 1 aromatic heterocycles. The van der Waals surface area contributed by atoms with Crippen LogP contribution in [0.4, 0.5) is 0 Å². The lowest BCUT2D eigenvalue weighted by Gasteiger charge is -2.34. The highest BCUT2D eigenvalue weighted by molar-refractivity contribution is 5.94. The lowest BCUT2D eigenvalue weighted by atomic mass is 10.1. The van der Waals surface area contributed by atoms with Crippen molar-refractivity contribution in [2.75, 3.05) is 33.3 Å². The van der Waals surface area contributed by atoms with Crippen LogP contribution in [0, 0.1) is 6.92 Å². The van der Waals surface area contributed by atoms with Crippen molar-refractivity contribution >= 4 is 11.9 Å². The Labute approximate surface area is 154 Å². The summed E-state index contributed by atoms with van der Waals surface area (Å²) in [4.78, 5) is 28.5. The Hall–Kier alpha value is -2.60. The van der Waals surface area contributed by atoms with Crippen molar-refractivity contribution in [3.8, 4) is 0 Å². The number of benzene rings is 1. The third-order valence-corrected chi connectivity index (χ3v) is 4.82. The first-order valence-electron chi connectivity index (χ1n) is 8.80. The Morgan fingerprint density at radius 3 is 2.35 bits per heavy atom. The Bertz CT molecular complexity index is 787. The lowest BCUT2D eigenvalue weighted by molar-refractivity contribution is 0.0587. The van der Waals surface area contributed by atoms with Crippen molar-refractivity contribution in [2.24, 2.45) is 7.05 Å². The predicted molar refractivity (Wildman–Crippen MR) is 99.1 cm³/mol. The molecule has 6 nitrogen and oxygen atoms in total. The van der Waals surface area contributed by atoms with Gasteiger partial charge in [0.2, 0.25) is 0 Å². The van der Waals surface area contributed by atoms with Crippen LogP contribution in [0.1, 0.15) is 32.0 Å². The first-order chi connectivity index (χ1) is 12.5. The molecule has 2 aromatic rings. The van der Waals surface area contributed by atoms with E-state index in [0.717, 1.165) is 36.3 Å². The molecule has 0 unspecified atom stereocenters. The maximum absolute atomic E-state index is 12.6. The van der Waals surface area contributed by atoms with E-state index in [1.807, 2.05) is 55.4 Å².